The number of methoxy groups -OCH3 is 1. The van der Waals surface area contributed by atoms with Crippen molar-refractivity contribution in [1.29, 1.82) is 0 Å². The molecule has 1 aliphatic carbocycles. The van der Waals surface area contributed by atoms with E-state index in [0.29, 0.717) is 11.8 Å². The fourth-order valence-electron chi connectivity index (χ4n) is 4.66. The second-order valence-electron chi connectivity index (χ2n) is 8.31. The number of morpholine rings is 1. The molecule has 1 saturated carbocycles. The first-order valence-corrected chi connectivity index (χ1v) is 10.5. The van der Waals surface area contributed by atoms with Crippen LogP contribution < -0.4 is 4.74 Å². The molecule has 0 aromatic heterocycles. The lowest BCUT2D eigenvalue weighted by atomic mass is 9.94. The Morgan fingerprint density at radius 2 is 1.85 bits per heavy atom. The highest BCUT2D eigenvalue weighted by Gasteiger charge is 2.53. The Kier molecular flexibility index (Phi) is 5.69. The number of carbonyl (C=O) groups excluding carboxylic acids is 1. The van der Waals surface area contributed by atoms with Crippen LogP contribution in [-0.2, 0) is 14.9 Å². The topological polar surface area (TPSA) is 42.0 Å². The molecule has 1 aromatic carbocycles. The Balaban J connectivity index is 1.36. The zero-order valence-corrected chi connectivity index (χ0v) is 16.5. The van der Waals surface area contributed by atoms with Gasteiger partial charge in [-0.2, -0.15) is 0 Å². The van der Waals surface area contributed by atoms with Crippen molar-refractivity contribution in [3.05, 3.63) is 29.8 Å². The Hall–Kier alpha value is -1.59. The van der Waals surface area contributed by atoms with E-state index in [0.717, 1.165) is 82.9 Å². The summed E-state index contributed by atoms with van der Waals surface area (Å²) in [4.78, 5) is 18.0. The maximum atomic E-state index is 13.4. The number of benzene rings is 1. The van der Waals surface area contributed by atoms with Gasteiger partial charge in [-0.3, -0.25) is 9.69 Å². The van der Waals surface area contributed by atoms with Crippen molar-refractivity contribution >= 4 is 5.91 Å². The summed E-state index contributed by atoms with van der Waals surface area (Å²) in [6, 6.07) is 8.10. The molecule has 3 aliphatic rings. The number of amides is 1. The zero-order valence-electron chi connectivity index (χ0n) is 16.5. The molecule has 2 saturated heterocycles. The van der Waals surface area contributed by atoms with Crippen LogP contribution in [-0.4, -0.2) is 68.8 Å². The lowest BCUT2D eigenvalue weighted by Crippen LogP contribution is -2.41. The number of likely N-dealkylation sites (tertiary alicyclic amines) is 1. The Morgan fingerprint density at radius 1 is 1.11 bits per heavy atom. The third-order valence-electron chi connectivity index (χ3n) is 6.56. The van der Waals surface area contributed by atoms with Gasteiger partial charge in [-0.1, -0.05) is 12.1 Å². The van der Waals surface area contributed by atoms with Crippen molar-refractivity contribution in [3.63, 3.8) is 0 Å². The van der Waals surface area contributed by atoms with E-state index >= 15 is 0 Å². The van der Waals surface area contributed by atoms with Gasteiger partial charge in [0.15, 0.2) is 0 Å². The summed E-state index contributed by atoms with van der Waals surface area (Å²) in [5, 5.41) is 0. The summed E-state index contributed by atoms with van der Waals surface area (Å²) in [7, 11) is 1.68. The molecule has 0 bridgehead atoms. The van der Waals surface area contributed by atoms with Gasteiger partial charge in [-0.15, -0.1) is 0 Å². The molecule has 0 spiro atoms. The quantitative estimate of drug-likeness (QED) is 0.797. The number of nitrogens with zero attached hydrogens (tertiary/aromatic N) is 2. The number of ether oxygens (including phenoxy) is 2. The SMILES string of the molecule is COc1ccc(C2(C(=O)N3CCCC(CN4CCOCC4)CC3)CC2)cc1. The summed E-state index contributed by atoms with van der Waals surface area (Å²) in [6.07, 6.45) is 5.44. The van der Waals surface area contributed by atoms with Gasteiger partial charge in [0.2, 0.25) is 5.91 Å². The molecule has 148 valence electrons. The summed E-state index contributed by atoms with van der Waals surface area (Å²) >= 11 is 0. The molecule has 27 heavy (non-hydrogen) atoms. The molecule has 4 rings (SSSR count). The van der Waals surface area contributed by atoms with Crippen LogP contribution in [0.2, 0.25) is 0 Å². The van der Waals surface area contributed by atoms with Crippen LogP contribution in [0.3, 0.4) is 0 Å². The minimum atomic E-state index is -0.268. The predicted octanol–water partition coefficient (Wildman–Crippen LogP) is 2.69. The predicted molar refractivity (Wildman–Crippen MR) is 105 cm³/mol. The van der Waals surface area contributed by atoms with Crippen molar-refractivity contribution in [1.82, 2.24) is 9.80 Å². The average Bonchev–Trinajstić information content (AvgIpc) is 3.54. The number of hydrogen-bond donors (Lipinski definition) is 0. The fraction of sp³-hybridized carbons (Fsp3) is 0.682. The minimum Gasteiger partial charge on any atom is -0.497 e. The van der Waals surface area contributed by atoms with E-state index in [1.807, 2.05) is 12.1 Å². The smallest absolute Gasteiger partial charge is 0.233 e. The van der Waals surface area contributed by atoms with Gasteiger partial charge in [0.25, 0.3) is 0 Å². The van der Waals surface area contributed by atoms with Crippen molar-refractivity contribution in [2.45, 2.75) is 37.5 Å². The molecule has 5 heteroatoms. The molecule has 0 N–H and O–H groups in total. The average molecular weight is 373 g/mol. The van der Waals surface area contributed by atoms with Gasteiger partial charge in [0.1, 0.15) is 5.75 Å². The van der Waals surface area contributed by atoms with E-state index in [2.05, 4.69) is 21.9 Å². The highest BCUT2D eigenvalue weighted by molar-refractivity contribution is 5.91. The van der Waals surface area contributed by atoms with Crippen LogP contribution in [0.4, 0.5) is 0 Å². The van der Waals surface area contributed by atoms with Crippen LogP contribution in [0.15, 0.2) is 24.3 Å². The Bertz CT molecular complexity index is 635. The lowest BCUT2D eigenvalue weighted by Gasteiger charge is -2.30. The van der Waals surface area contributed by atoms with Crippen LogP contribution in [0.25, 0.3) is 0 Å². The molecular weight excluding hydrogens is 340 g/mol. The van der Waals surface area contributed by atoms with Gasteiger partial charge in [0.05, 0.1) is 25.7 Å². The van der Waals surface area contributed by atoms with Crippen molar-refractivity contribution in [2.24, 2.45) is 5.92 Å². The standard InChI is InChI=1S/C22H32N2O3/c1-26-20-6-4-19(5-7-20)22(9-10-22)21(25)24-11-2-3-18(8-12-24)17-23-13-15-27-16-14-23/h4-7,18H,2-3,8-17H2,1H3. The molecule has 3 fully saturated rings. The minimum absolute atomic E-state index is 0.268. The first-order valence-electron chi connectivity index (χ1n) is 10.5. The van der Waals surface area contributed by atoms with Crippen molar-refractivity contribution < 1.29 is 14.3 Å². The molecule has 1 unspecified atom stereocenters. The van der Waals surface area contributed by atoms with E-state index in [9.17, 15) is 4.79 Å². The summed E-state index contributed by atoms with van der Waals surface area (Å²) in [6.45, 7) is 6.82. The van der Waals surface area contributed by atoms with Gasteiger partial charge in [-0.25, -0.2) is 0 Å². The largest absolute Gasteiger partial charge is 0.497 e. The molecule has 1 atom stereocenters. The molecule has 1 aromatic rings. The zero-order chi connectivity index (χ0) is 18.7. The Morgan fingerprint density at radius 3 is 2.52 bits per heavy atom. The third-order valence-corrected chi connectivity index (χ3v) is 6.56. The van der Waals surface area contributed by atoms with Crippen LogP contribution >= 0.6 is 0 Å². The summed E-state index contributed by atoms with van der Waals surface area (Å²) in [5.74, 6) is 1.90. The van der Waals surface area contributed by atoms with E-state index in [-0.39, 0.29) is 5.41 Å². The van der Waals surface area contributed by atoms with Gasteiger partial charge >= 0.3 is 0 Å². The van der Waals surface area contributed by atoms with Gasteiger partial charge in [-0.05, 0) is 55.7 Å². The molecular formula is C22H32N2O3. The lowest BCUT2D eigenvalue weighted by molar-refractivity contribution is -0.134. The van der Waals surface area contributed by atoms with Gasteiger partial charge in [0, 0.05) is 32.7 Å². The van der Waals surface area contributed by atoms with Crippen LogP contribution in [0.1, 0.15) is 37.7 Å². The monoisotopic (exact) mass is 372 g/mol. The number of carbonyl (C=O) groups is 1. The normalized spacial score (nSPS) is 25.7. The highest BCUT2D eigenvalue weighted by atomic mass is 16.5. The molecule has 2 heterocycles. The van der Waals surface area contributed by atoms with Crippen LogP contribution in [0, 0.1) is 5.92 Å². The third kappa shape index (κ3) is 4.14. The van der Waals surface area contributed by atoms with Crippen LogP contribution in [0.5, 0.6) is 5.75 Å². The molecule has 1 amide bonds. The van der Waals surface area contributed by atoms with E-state index in [1.54, 1.807) is 7.11 Å². The number of rotatable bonds is 5. The summed E-state index contributed by atoms with van der Waals surface area (Å²) < 4.78 is 10.7. The molecule has 5 nitrogen and oxygen atoms in total. The maximum absolute atomic E-state index is 13.4. The molecule has 2 aliphatic heterocycles. The van der Waals surface area contributed by atoms with E-state index in [1.165, 1.54) is 6.42 Å². The van der Waals surface area contributed by atoms with E-state index in [4.69, 9.17) is 9.47 Å². The summed E-state index contributed by atoms with van der Waals surface area (Å²) in [5.41, 5.74) is 0.887. The second kappa shape index (κ2) is 8.19. The van der Waals surface area contributed by atoms with Gasteiger partial charge < -0.3 is 14.4 Å². The number of hydrogen-bond acceptors (Lipinski definition) is 4. The fourth-order valence-corrected chi connectivity index (χ4v) is 4.66. The maximum Gasteiger partial charge on any atom is 0.233 e. The highest BCUT2D eigenvalue weighted by Crippen LogP contribution is 2.50. The Labute approximate surface area is 162 Å². The second-order valence-corrected chi connectivity index (χ2v) is 8.31. The van der Waals surface area contributed by atoms with Crippen molar-refractivity contribution in [2.75, 3.05) is 53.0 Å². The van der Waals surface area contributed by atoms with E-state index < -0.39 is 0 Å². The first kappa shape index (κ1) is 18.8. The first-order chi connectivity index (χ1) is 13.2. The van der Waals surface area contributed by atoms with Crippen molar-refractivity contribution in [3.8, 4) is 5.75 Å². The molecule has 0 radical (unpaired) electrons.